The van der Waals surface area contributed by atoms with Gasteiger partial charge in [0.1, 0.15) is 12.4 Å². The van der Waals surface area contributed by atoms with Crippen LogP contribution in [0.25, 0.3) is 0 Å². The Bertz CT molecular complexity index is 645. The Labute approximate surface area is 131 Å². The van der Waals surface area contributed by atoms with Gasteiger partial charge in [0, 0.05) is 13.5 Å². The van der Waals surface area contributed by atoms with Crippen molar-refractivity contribution in [2.75, 3.05) is 5.75 Å². The van der Waals surface area contributed by atoms with Crippen molar-refractivity contribution in [3.63, 3.8) is 0 Å². The third kappa shape index (κ3) is 4.59. The second-order valence-corrected chi connectivity index (χ2v) is 5.60. The Balaban J connectivity index is 1.89. The molecule has 0 fully saturated rings. The molecule has 1 atom stereocenters. The summed E-state index contributed by atoms with van der Waals surface area (Å²) in [5.41, 5.74) is 0.858. The third-order valence-corrected chi connectivity index (χ3v) is 3.95. The minimum atomic E-state index is -1.05. The summed E-state index contributed by atoms with van der Waals surface area (Å²) in [4.78, 5) is 23.2. The summed E-state index contributed by atoms with van der Waals surface area (Å²) < 4.78 is 1.69. The van der Waals surface area contributed by atoms with Crippen molar-refractivity contribution in [2.24, 2.45) is 7.05 Å². The molecule has 0 radical (unpaired) electrons. The van der Waals surface area contributed by atoms with Crippen molar-refractivity contribution in [1.82, 2.24) is 20.1 Å². The van der Waals surface area contributed by atoms with E-state index < -0.39 is 12.0 Å². The summed E-state index contributed by atoms with van der Waals surface area (Å²) in [6.07, 6.45) is 1.78. The van der Waals surface area contributed by atoms with Gasteiger partial charge >= 0.3 is 5.97 Å². The molecule has 1 aromatic heterocycles. The summed E-state index contributed by atoms with van der Waals surface area (Å²) in [5.74, 6) is -1.32. The molecule has 2 N–H and O–H groups in total. The Morgan fingerprint density at radius 1 is 1.36 bits per heavy atom. The van der Waals surface area contributed by atoms with Gasteiger partial charge < -0.3 is 15.0 Å². The maximum Gasteiger partial charge on any atom is 0.326 e. The van der Waals surface area contributed by atoms with E-state index >= 15 is 0 Å². The number of carboxylic acids is 1. The fourth-order valence-electron chi connectivity index (χ4n) is 1.82. The number of thioether (sulfide) groups is 1. The number of carbonyl (C=O) groups is 2. The summed E-state index contributed by atoms with van der Waals surface area (Å²) in [7, 11) is 1.77. The smallest absolute Gasteiger partial charge is 0.326 e. The lowest BCUT2D eigenvalue weighted by Gasteiger charge is -2.14. The molecule has 1 heterocycles. The number of hydrogen-bond donors (Lipinski definition) is 2. The van der Waals surface area contributed by atoms with Crippen molar-refractivity contribution in [3.8, 4) is 0 Å². The van der Waals surface area contributed by atoms with Gasteiger partial charge in [-0.05, 0) is 5.56 Å². The maximum absolute atomic E-state index is 11.9. The van der Waals surface area contributed by atoms with Crippen molar-refractivity contribution in [1.29, 1.82) is 0 Å². The van der Waals surface area contributed by atoms with E-state index in [-0.39, 0.29) is 18.1 Å². The fourth-order valence-corrected chi connectivity index (χ4v) is 2.52. The summed E-state index contributed by atoms with van der Waals surface area (Å²) in [5, 5.41) is 19.9. The molecule has 1 amide bonds. The van der Waals surface area contributed by atoms with E-state index in [1.807, 2.05) is 30.3 Å². The number of carboxylic acid groups (broad SMARTS) is 1. The van der Waals surface area contributed by atoms with Crippen LogP contribution in [0.4, 0.5) is 0 Å². The number of nitrogens with one attached hydrogen (secondary N) is 1. The van der Waals surface area contributed by atoms with E-state index in [0.29, 0.717) is 5.16 Å². The zero-order valence-electron chi connectivity index (χ0n) is 12.0. The Hall–Kier alpha value is -2.35. The highest BCUT2D eigenvalue weighted by molar-refractivity contribution is 7.99. The maximum atomic E-state index is 11.9. The van der Waals surface area contributed by atoms with Crippen LogP contribution in [0.5, 0.6) is 0 Å². The number of amides is 1. The molecule has 0 saturated carbocycles. The van der Waals surface area contributed by atoms with Gasteiger partial charge in [-0.3, -0.25) is 4.79 Å². The van der Waals surface area contributed by atoms with Gasteiger partial charge in [0.05, 0.1) is 5.75 Å². The van der Waals surface area contributed by atoms with E-state index in [1.165, 1.54) is 18.1 Å². The number of aliphatic carboxylic acids is 1. The predicted octanol–water partition coefficient (Wildman–Crippen LogP) is 0.719. The van der Waals surface area contributed by atoms with Crippen LogP contribution in [0.15, 0.2) is 41.8 Å². The SMILES string of the molecule is Cn1cnnc1SCC(=O)NC(Cc1ccccc1)C(=O)O. The number of nitrogens with zero attached hydrogens (tertiary/aromatic N) is 3. The van der Waals surface area contributed by atoms with Crippen LogP contribution < -0.4 is 5.32 Å². The van der Waals surface area contributed by atoms with E-state index in [0.717, 1.165) is 5.56 Å². The molecule has 1 unspecified atom stereocenters. The second-order valence-electron chi connectivity index (χ2n) is 4.66. The van der Waals surface area contributed by atoms with Gasteiger partial charge in [0.15, 0.2) is 5.16 Å². The van der Waals surface area contributed by atoms with E-state index in [1.54, 1.807) is 11.6 Å². The highest BCUT2D eigenvalue weighted by atomic mass is 32.2. The number of benzene rings is 1. The van der Waals surface area contributed by atoms with Crippen molar-refractivity contribution >= 4 is 23.6 Å². The van der Waals surface area contributed by atoms with Gasteiger partial charge in [-0.2, -0.15) is 0 Å². The number of carbonyl (C=O) groups excluding carboxylic acids is 1. The molecule has 2 rings (SSSR count). The van der Waals surface area contributed by atoms with Gasteiger partial charge in [0.2, 0.25) is 5.91 Å². The first kappa shape index (κ1) is 16.0. The molecule has 22 heavy (non-hydrogen) atoms. The molecule has 0 bridgehead atoms. The van der Waals surface area contributed by atoms with Crippen LogP contribution in [0, 0.1) is 0 Å². The highest BCUT2D eigenvalue weighted by Gasteiger charge is 2.20. The Morgan fingerprint density at radius 3 is 2.68 bits per heavy atom. The van der Waals surface area contributed by atoms with Crippen molar-refractivity contribution < 1.29 is 14.7 Å². The highest BCUT2D eigenvalue weighted by Crippen LogP contribution is 2.12. The molecule has 0 aliphatic carbocycles. The average Bonchev–Trinajstić information content (AvgIpc) is 2.91. The molecule has 0 aliphatic rings. The lowest BCUT2D eigenvalue weighted by Crippen LogP contribution is -2.43. The minimum absolute atomic E-state index is 0.0884. The van der Waals surface area contributed by atoms with Gasteiger partial charge in [-0.15, -0.1) is 10.2 Å². The van der Waals surface area contributed by atoms with E-state index in [2.05, 4.69) is 15.5 Å². The lowest BCUT2D eigenvalue weighted by atomic mass is 10.1. The minimum Gasteiger partial charge on any atom is -0.480 e. The van der Waals surface area contributed by atoms with Crippen LogP contribution in [-0.2, 0) is 23.1 Å². The predicted molar refractivity (Wildman–Crippen MR) is 81.4 cm³/mol. The topological polar surface area (TPSA) is 97.1 Å². The molecule has 0 spiro atoms. The van der Waals surface area contributed by atoms with Gasteiger partial charge in [0.25, 0.3) is 0 Å². The monoisotopic (exact) mass is 320 g/mol. The van der Waals surface area contributed by atoms with Crippen molar-refractivity contribution in [3.05, 3.63) is 42.2 Å². The average molecular weight is 320 g/mol. The van der Waals surface area contributed by atoms with Gasteiger partial charge in [-0.1, -0.05) is 42.1 Å². The quantitative estimate of drug-likeness (QED) is 0.730. The van der Waals surface area contributed by atoms with E-state index in [9.17, 15) is 14.7 Å². The number of rotatable bonds is 7. The molecule has 7 nitrogen and oxygen atoms in total. The largest absolute Gasteiger partial charge is 0.480 e. The molecule has 0 aliphatic heterocycles. The molecule has 0 saturated heterocycles. The molecule has 2 aromatic rings. The summed E-state index contributed by atoms with van der Waals surface area (Å²) in [6, 6.07) is 8.23. The molecular formula is C14H16N4O3S. The standard InChI is InChI=1S/C14H16N4O3S/c1-18-9-15-17-14(18)22-8-12(19)16-11(13(20)21)7-10-5-3-2-4-6-10/h2-6,9,11H,7-8H2,1H3,(H,16,19)(H,20,21). The normalized spacial score (nSPS) is 11.9. The van der Waals surface area contributed by atoms with Crippen LogP contribution in [0.2, 0.25) is 0 Å². The van der Waals surface area contributed by atoms with E-state index in [4.69, 9.17) is 0 Å². The first-order chi connectivity index (χ1) is 10.6. The number of hydrogen-bond acceptors (Lipinski definition) is 5. The first-order valence-electron chi connectivity index (χ1n) is 6.59. The lowest BCUT2D eigenvalue weighted by molar-refractivity contribution is -0.141. The van der Waals surface area contributed by atoms with Gasteiger partial charge in [-0.25, -0.2) is 4.79 Å². The summed E-state index contributed by atoms with van der Waals surface area (Å²) >= 11 is 1.21. The molecule has 1 aromatic carbocycles. The first-order valence-corrected chi connectivity index (χ1v) is 7.57. The van der Waals surface area contributed by atoms with Crippen LogP contribution in [0.1, 0.15) is 5.56 Å². The fraction of sp³-hybridized carbons (Fsp3) is 0.286. The number of aromatic nitrogens is 3. The van der Waals surface area contributed by atoms with Crippen LogP contribution in [0.3, 0.4) is 0 Å². The second kappa shape index (κ2) is 7.60. The zero-order valence-corrected chi connectivity index (χ0v) is 12.8. The third-order valence-electron chi connectivity index (χ3n) is 2.92. The van der Waals surface area contributed by atoms with Crippen LogP contribution >= 0.6 is 11.8 Å². The van der Waals surface area contributed by atoms with Crippen molar-refractivity contribution in [2.45, 2.75) is 17.6 Å². The molecular weight excluding hydrogens is 304 g/mol. The Morgan fingerprint density at radius 2 is 2.09 bits per heavy atom. The van der Waals surface area contributed by atoms with Crippen LogP contribution in [-0.4, -0.2) is 43.5 Å². The Kier molecular flexibility index (Phi) is 5.54. The zero-order chi connectivity index (χ0) is 15.9. The molecule has 116 valence electrons. The molecule has 8 heteroatoms. The number of aryl methyl sites for hydroxylation is 1. The summed E-state index contributed by atoms with van der Waals surface area (Å²) in [6.45, 7) is 0.